The molecule has 27 heavy (non-hydrogen) atoms. The standard InChI is InChI=1S/C21H27N.C3H6O2/c1-7-11-17(16(3)8-2)14-15-20-21(4,5)18-12-9-10-13-19(18)22(20)6;1-2-3(4)5/h7-15H,1-6H3;2H2,1H3,(H,4,5)/b11-7-,16-8-,17-14+,20-15+;. The second kappa shape index (κ2) is 9.96. The normalized spacial score (nSPS) is 17.7. The Morgan fingerprint density at radius 2 is 1.81 bits per heavy atom. The Bertz CT molecular complexity index is 779. The third kappa shape index (κ3) is 5.46. The monoisotopic (exact) mass is 367 g/mol. The number of hydrogen-bond acceptors (Lipinski definition) is 2. The van der Waals surface area contributed by atoms with Gasteiger partial charge in [-0.3, -0.25) is 4.79 Å². The molecule has 0 unspecified atom stereocenters. The third-order valence-electron chi connectivity index (χ3n) is 4.90. The number of para-hydroxylation sites is 1. The van der Waals surface area contributed by atoms with Crippen molar-refractivity contribution in [3.05, 3.63) is 77.1 Å². The third-order valence-corrected chi connectivity index (χ3v) is 4.90. The van der Waals surface area contributed by atoms with Crippen LogP contribution in [0.25, 0.3) is 0 Å². The Kier molecular flexibility index (Phi) is 8.30. The van der Waals surface area contributed by atoms with E-state index in [4.69, 9.17) is 5.11 Å². The van der Waals surface area contributed by atoms with Gasteiger partial charge in [-0.05, 0) is 49.6 Å². The summed E-state index contributed by atoms with van der Waals surface area (Å²) in [4.78, 5) is 11.7. The van der Waals surface area contributed by atoms with Gasteiger partial charge in [-0.2, -0.15) is 0 Å². The number of aliphatic carboxylic acids is 1. The number of likely N-dealkylation sites (N-methyl/N-ethyl adjacent to an activating group) is 1. The Morgan fingerprint density at radius 3 is 2.30 bits per heavy atom. The Balaban J connectivity index is 0.000000646. The van der Waals surface area contributed by atoms with Crippen molar-refractivity contribution in [2.24, 2.45) is 0 Å². The molecule has 0 atom stereocenters. The van der Waals surface area contributed by atoms with Crippen LogP contribution in [-0.4, -0.2) is 18.1 Å². The van der Waals surface area contributed by atoms with Crippen molar-refractivity contribution in [2.75, 3.05) is 11.9 Å². The molecule has 0 aromatic heterocycles. The smallest absolute Gasteiger partial charge is 0.303 e. The zero-order chi connectivity index (χ0) is 20.6. The largest absolute Gasteiger partial charge is 0.481 e. The Morgan fingerprint density at radius 1 is 1.22 bits per heavy atom. The molecule has 146 valence electrons. The lowest BCUT2D eigenvalue weighted by atomic mass is 9.83. The highest BCUT2D eigenvalue weighted by Crippen LogP contribution is 2.46. The highest BCUT2D eigenvalue weighted by atomic mass is 16.4. The van der Waals surface area contributed by atoms with E-state index in [1.807, 2.05) is 0 Å². The molecule has 0 aliphatic carbocycles. The van der Waals surface area contributed by atoms with Crippen LogP contribution in [0.2, 0.25) is 0 Å². The van der Waals surface area contributed by atoms with Crippen molar-refractivity contribution >= 4 is 11.7 Å². The van der Waals surface area contributed by atoms with Gasteiger partial charge in [-0.1, -0.05) is 63.3 Å². The Labute approximate surface area is 164 Å². The molecule has 1 N–H and O–H groups in total. The van der Waals surface area contributed by atoms with Crippen molar-refractivity contribution in [3.8, 4) is 0 Å². The SMILES string of the molecule is CCC(=O)O.C\C=C/C(=C\C=C1\N(C)c2ccccc2C1(C)C)C(/C)=C\C. The quantitative estimate of drug-likeness (QED) is 0.640. The van der Waals surface area contributed by atoms with Gasteiger partial charge < -0.3 is 10.0 Å². The molecule has 0 saturated carbocycles. The lowest BCUT2D eigenvalue weighted by Gasteiger charge is -2.23. The van der Waals surface area contributed by atoms with E-state index in [9.17, 15) is 4.79 Å². The number of carboxylic acid groups (broad SMARTS) is 1. The zero-order valence-electron chi connectivity index (χ0n) is 17.7. The summed E-state index contributed by atoms with van der Waals surface area (Å²) < 4.78 is 0. The van der Waals surface area contributed by atoms with Gasteiger partial charge in [0.1, 0.15) is 0 Å². The highest BCUT2D eigenvalue weighted by molar-refractivity contribution is 5.70. The van der Waals surface area contributed by atoms with E-state index in [1.165, 1.54) is 28.1 Å². The number of fused-ring (bicyclic) bond motifs is 1. The molecule has 0 saturated heterocycles. The van der Waals surface area contributed by atoms with E-state index in [2.05, 4.69) is 101 Å². The van der Waals surface area contributed by atoms with Crippen molar-refractivity contribution < 1.29 is 9.90 Å². The fourth-order valence-electron chi connectivity index (χ4n) is 3.14. The molecule has 1 heterocycles. The number of anilines is 1. The summed E-state index contributed by atoms with van der Waals surface area (Å²) in [5.74, 6) is -0.745. The lowest BCUT2D eigenvalue weighted by molar-refractivity contribution is -0.136. The van der Waals surface area contributed by atoms with Gasteiger partial charge in [0.2, 0.25) is 0 Å². The molecule has 1 aliphatic heterocycles. The predicted molar refractivity (Wildman–Crippen MR) is 116 cm³/mol. The van der Waals surface area contributed by atoms with E-state index >= 15 is 0 Å². The first kappa shape index (κ1) is 22.5. The summed E-state index contributed by atoms with van der Waals surface area (Å²) >= 11 is 0. The van der Waals surface area contributed by atoms with Gasteiger partial charge in [0.25, 0.3) is 0 Å². The maximum atomic E-state index is 9.37. The lowest BCUT2D eigenvalue weighted by Crippen LogP contribution is -2.22. The molecular formula is C24H33NO2. The van der Waals surface area contributed by atoms with Gasteiger partial charge in [-0.25, -0.2) is 0 Å². The average molecular weight is 368 g/mol. The summed E-state index contributed by atoms with van der Waals surface area (Å²) in [6.45, 7) is 12.5. The number of allylic oxidation sites excluding steroid dienone is 8. The summed E-state index contributed by atoms with van der Waals surface area (Å²) in [6.07, 6.45) is 11.1. The summed E-state index contributed by atoms with van der Waals surface area (Å²) in [6, 6.07) is 8.67. The molecular weight excluding hydrogens is 334 g/mol. The summed E-state index contributed by atoms with van der Waals surface area (Å²) in [7, 11) is 2.16. The second-order valence-electron chi connectivity index (χ2n) is 7.09. The van der Waals surface area contributed by atoms with E-state index in [1.54, 1.807) is 6.92 Å². The molecule has 3 nitrogen and oxygen atoms in total. The van der Waals surface area contributed by atoms with E-state index in [-0.39, 0.29) is 11.8 Å². The average Bonchev–Trinajstić information content (AvgIpc) is 2.85. The summed E-state index contributed by atoms with van der Waals surface area (Å²) in [5, 5.41) is 7.72. The molecule has 3 heteroatoms. The minimum Gasteiger partial charge on any atom is -0.481 e. The molecule has 2 rings (SSSR count). The maximum absolute atomic E-state index is 9.37. The van der Waals surface area contributed by atoms with Crippen LogP contribution in [0.15, 0.2) is 71.5 Å². The minimum absolute atomic E-state index is 0.0344. The van der Waals surface area contributed by atoms with Crippen molar-refractivity contribution in [1.82, 2.24) is 0 Å². The number of carboxylic acids is 1. The fraction of sp³-hybridized carbons (Fsp3) is 0.375. The number of hydrogen-bond donors (Lipinski definition) is 1. The number of rotatable bonds is 4. The van der Waals surface area contributed by atoms with Gasteiger partial charge in [0.05, 0.1) is 0 Å². The first-order chi connectivity index (χ1) is 12.7. The molecule has 0 radical (unpaired) electrons. The van der Waals surface area contributed by atoms with Crippen LogP contribution in [-0.2, 0) is 10.2 Å². The molecule has 1 aliphatic rings. The van der Waals surface area contributed by atoms with Gasteiger partial charge in [-0.15, -0.1) is 0 Å². The zero-order valence-corrected chi connectivity index (χ0v) is 17.7. The minimum atomic E-state index is -0.745. The van der Waals surface area contributed by atoms with Crippen LogP contribution in [0.3, 0.4) is 0 Å². The van der Waals surface area contributed by atoms with Gasteiger partial charge in [0, 0.05) is 30.3 Å². The predicted octanol–water partition coefficient (Wildman–Crippen LogP) is 6.25. The van der Waals surface area contributed by atoms with Crippen LogP contribution in [0.5, 0.6) is 0 Å². The van der Waals surface area contributed by atoms with Crippen LogP contribution >= 0.6 is 0 Å². The van der Waals surface area contributed by atoms with Crippen LogP contribution in [0.1, 0.15) is 53.5 Å². The van der Waals surface area contributed by atoms with Crippen molar-refractivity contribution in [2.45, 2.75) is 53.4 Å². The molecule has 0 bridgehead atoms. The molecule has 0 fully saturated rings. The Hall–Kier alpha value is -2.55. The number of nitrogens with zero attached hydrogens (tertiary/aromatic N) is 1. The van der Waals surface area contributed by atoms with Crippen LogP contribution in [0, 0.1) is 0 Å². The molecule has 0 amide bonds. The van der Waals surface area contributed by atoms with Crippen molar-refractivity contribution in [1.29, 1.82) is 0 Å². The van der Waals surface area contributed by atoms with Crippen molar-refractivity contribution in [3.63, 3.8) is 0 Å². The highest BCUT2D eigenvalue weighted by Gasteiger charge is 2.37. The first-order valence-corrected chi connectivity index (χ1v) is 9.44. The van der Waals surface area contributed by atoms with Gasteiger partial charge in [0.15, 0.2) is 0 Å². The molecule has 1 aromatic rings. The maximum Gasteiger partial charge on any atom is 0.303 e. The number of benzene rings is 1. The molecule has 0 spiro atoms. The summed E-state index contributed by atoms with van der Waals surface area (Å²) in [5.41, 5.74) is 6.63. The van der Waals surface area contributed by atoms with Gasteiger partial charge >= 0.3 is 5.97 Å². The first-order valence-electron chi connectivity index (χ1n) is 9.44. The fourth-order valence-corrected chi connectivity index (χ4v) is 3.14. The number of carbonyl (C=O) groups is 1. The van der Waals surface area contributed by atoms with E-state index < -0.39 is 5.97 Å². The van der Waals surface area contributed by atoms with E-state index in [0.29, 0.717) is 0 Å². The topological polar surface area (TPSA) is 40.5 Å². The second-order valence-corrected chi connectivity index (χ2v) is 7.09. The van der Waals surface area contributed by atoms with E-state index in [0.717, 1.165) is 0 Å². The molecule has 1 aromatic carbocycles. The van der Waals surface area contributed by atoms with Crippen LogP contribution in [0.4, 0.5) is 5.69 Å². The van der Waals surface area contributed by atoms with Crippen LogP contribution < -0.4 is 4.90 Å².